The Morgan fingerprint density at radius 1 is 1.19 bits per heavy atom. The lowest BCUT2D eigenvalue weighted by molar-refractivity contribution is 0.193. The average Bonchev–Trinajstić information content (AvgIpc) is 2.81. The molecule has 0 amide bonds. The highest BCUT2D eigenvalue weighted by Crippen LogP contribution is 2.22. The highest BCUT2D eigenvalue weighted by molar-refractivity contribution is 5.20. The summed E-state index contributed by atoms with van der Waals surface area (Å²) in [5.41, 5.74) is 8.42. The Balaban J connectivity index is 2.65. The van der Waals surface area contributed by atoms with Crippen molar-refractivity contribution in [3.63, 3.8) is 0 Å². The molecular formula is C16H33N5. The van der Waals surface area contributed by atoms with Crippen molar-refractivity contribution in [1.82, 2.24) is 19.6 Å². The summed E-state index contributed by atoms with van der Waals surface area (Å²) in [4.78, 5) is 4.95. The quantitative estimate of drug-likeness (QED) is 0.715. The number of hydrogen-bond acceptors (Lipinski definition) is 4. The third-order valence-electron chi connectivity index (χ3n) is 4.29. The van der Waals surface area contributed by atoms with Crippen LogP contribution in [0.4, 0.5) is 0 Å². The van der Waals surface area contributed by atoms with Gasteiger partial charge in [0.15, 0.2) is 0 Å². The van der Waals surface area contributed by atoms with Crippen LogP contribution in [-0.4, -0.2) is 58.8 Å². The summed E-state index contributed by atoms with van der Waals surface area (Å²) in [6, 6.07) is 0.278. The van der Waals surface area contributed by atoms with Crippen molar-refractivity contribution < 1.29 is 0 Å². The Morgan fingerprint density at radius 2 is 1.86 bits per heavy atom. The van der Waals surface area contributed by atoms with Crippen LogP contribution in [0.25, 0.3) is 0 Å². The fraction of sp³-hybridized carbons (Fsp3) is 0.812. The molecule has 0 aliphatic heterocycles. The van der Waals surface area contributed by atoms with Gasteiger partial charge in [-0.1, -0.05) is 20.8 Å². The Morgan fingerprint density at radius 3 is 2.29 bits per heavy atom. The van der Waals surface area contributed by atoms with E-state index in [0.29, 0.717) is 6.54 Å². The summed E-state index contributed by atoms with van der Waals surface area (Å²) in [5.74, 6) is 0. The smallest absolute Gasteiger partial charge is 0.0641 e. The van der Waals surface area contributed by atoms with Crippen LogP contribution in [0.5, 0.6) is 0 Å². The third-order valence-corrected chi connectivity index (χ3v) is 4.29. The molecule has 1 aromatic rings. The van der Waals surface area contributed by atoms with Gasteiger partial charge in [-0.2, -0.15) is 5.10 Å². The fourth-order valence-corrected chi connectivity index (χ4v) is 2.99. The normalized spacial score (nSPS) is 13.3. The van der Waals surface area contributed by atoms with Crippen molar-refractivity contribution in [2.24, 2.45) is 12.8 Å². The number of nitrogens with zero attached hydrogens (tertiary/aromatic N) is 4. The molecule has 0 fully saturated rings. The van der Waals surface area contributed by atoms with Crippen molar-refractivity contribution in [2.45, 2.75) is 40.2 Å². The zero-order valence-electron chi connectivity index (χ0n) is 14.5. The molecule has 0 radical (unpaired) electrons. The lowest BCUT2D eigenvalue weighted by atomic mass is 10.1. The van der Waals surface area contributed by atoms with Crippen LogP contribution in [0.15, 0.2) is 6.20 Å². The maximum absolute atomic E-state index is 6.05. The van der Waals surface area contributed by atoms with E-state index < -0.39 is 0 Å². The minimum atomic E-state index is 0.278. The monoisotopic (exact) mass is 295 g/mol. The van der Waals surface area contributed by atoms with E-state index in [1.807, 2.05) is 11.7 Å². The summed E-state index contributed by atoms with van der Waals surface area (Å²) >= 11 is 0. The predicted molar refractivity (Wildman–Crippen MR) is 89.4 cm³/mol. The second-order valence-corrected chi connectivity index (χ2v) is 5.60. The standard InChI is InChI=1S/C16H33N5/c1-6-20(7-2)10-9-11-21(8-3)16(12-17)15-13-19(5)18-14(15)4/h13,16H,6-12,17H2,1-5H3. The molecule has 0 bridgehead atoms. The first-order valence-corrected chi connectivity index (χ1v) is 8.23. The molecule has 0 aliphatic carbocycles. The van der Waals surface area contributed by atoms with Gasteiger partial charge in [0.2, 0.25) is 0 Å². The molecule has 2 N–H and O–H groups in total. The van der Waals surface area contributed by atoms with Crippen LogP contribution in [0.1, 0.15) is 44.5 Å². The van der Waals surface area contributed by atoms with Crippen molar-refractivity contribution in [3.05, 3.63) is 17.5 Å². The first-order valence-electron chi connectivity index (χ1n) is 8.23. The maximum atomic E-state index is 6.05. The Hall–Kier alpha value is -0.910. The van der Waals surface area contributed by atoms with Gasteiger partial charge in [0.1, 0.15) is 0 Å². The SMILES string of the molecule is CCN(CC)CCCN(CC)C(CN)c1cn(C)nc1C. The lowest BCUT2D eigenvalue weighted by Gasteiger charge is -2.30. The molecule has 0 aliphatic rings. The summed E-state index contributed by atoms with van der Waals surface area (Å²) in [5, 5.41) is 4.46. The van der Waals surface area contributed by atoms with E-state index in [1.165, 1.54) is 12.0 Å². The van der Waals surface area contributed by atoms with Crippen LogP contribution < -0.4 is 5.73 Å². The zero-order chi connectivity index (χ0) is 15.8. The minimum absolute atomic E-state index is 0.278. The summed E-state index contributed by atoms with van der Waals surface area (Å²) in [6.07, 6.45) is 3.30. The van der Waals surface area contributed by atoms with Crippen molar-refractivity contribution in [1.29, 1.82) is 0 Å². The highest BCUT2D eigenvalue weighted by atomic mass is 15.3. The van der Waals surface area contributed by atoms with Crippen molar-refractivity contribution >= 4 is 0 Å². The van der Waals surface area contributed by atoms with Crippen LogP contribution in [0, 0.1) is 6.92 Å². The van der Waals surface area contributed by atoms with E-state index in [4.69, 9.17) is 5.73 Å². The first-order chi connectivity index (χ1) is 10.1. The van der Waals surface area contributed by atoms with Gasteiger partial charge in [0, 0.05) is 31.9 Å². The van der Waals surface area contributed by atoms with Crippen molar-refractivity contribution in [3.8, 4) is 0 Å². The number of hydrogen-bond donors (Lipinski definition) is 1. The van der Waals surface area contributed by atoms with Crippen LogP contribution in [-0.2, 0) is 7.05 Å². The van der Waals surface area contributed by atoms with Gasteiger partial charge in [-0.3, -0.25) is 9.58 Å². The predicted octanol–water partition coefficient (Wildman–Crippen LogP) is 1.78. The average molecular weight is 295 g/mol. The fourth-order valence-electron chi connectivity index (χ4n) is 2.99. The number of aryl methyl sites for hydroxylation is 2. The number of nitrogens with two attached hydrogens (primary N) is 1. The lowest BCUT2D eigenvalue weighted by Crippen LogP contribution is -2.36. The molecule has 1 aromatic heterocycles. The second-order valence-electron chi connectivity index (χ2n) is 5.60. The first kappa shape index (κ1) is 18.1. The molecule has 1 unspecified atom stereocenters. The molecule has 1 rings (SSSR count). The van der Waals surface area contributed by atoms with E-state index in [0.717, 1.165) is 38.4 Å². The Kier molecular flexibility index (Phi) is 7.93. The topological polar surface area (TPSA) is 50.3 Å². The Bertz CT molecular complexity index is 397. The van der Waals surface area contributed by atoms with Gasteiger partial charge in [-0.15, -0.1) is 0 Å². The van der Waals surface area contributed by atoms with Gasteiger partial charge in [0.25, 0.3) is 0 Å². The van der Waals surface area contributed by atoms with Gasteiger partial charge in [0.05, 0.1) is 11.7 Å². The molecule has 5 nitrogen and oxygen atoms in total. The Labute approximate surface area is 130 Å². The highest BCUT2D eigenvalue weighted by Gasteiger charge is 2.21. The van der Waals surface area contributed by atoms with Gasteiger partial charge >= 0.3 is 0 Å². The maximum Gasteiger partial charge on any atom is 0.0641 e. The van der Waals surface area contributed by atoms with Crippen molar-refractivity contribution in [2.75, 3.05) is 39.3 Å². The van der Waals surface area contributed by atoms with E-state index in [1.54, 1.807) is 0 Å². The van der Waals surface area contributed by atoms with E-state index in [9.17, 15) is 0 Å². The van der Waals surface area contributed by atoms with Gasteiger partial charge in [-0.05, 0) is 39.5 Å². The molecular weight excluding hydrogens is 262 g/mol. The molecule has 0 saturated heterocycles. The van der Waals surface area contributed by atoms with E-state index in [-0.39, 0.29) is 6.04 Å². The molecule has 0 saturated carbocycles. The molecule has 1 heterocycles. The summed E-state index contributed by atoms with van der Waals surface area (Å²) < 4.78 is 1.89. The van der Waals surface area contributed by atoms with E-state index in [2.05, 4.69) is 48.8 Å². The zero-order valence-corrected chi connectivity index (χ0v) is 14.5. The van der Waals surface area contributed by atoms with Crippen LogP contribution >= 0.6 is 0 Å². The second kappa shape index (κ2) is 9.18. The molecule has 5 heteroatoms. The van der Waals surface area contributed by atoms with Crippen LogP contribution in [0.3, 0.4) is 0 Å². The van der Waals surface area contributed by atoms with Crippen LogP contribution in [0.2, 0.25) is 0 Å². The van der Waals surface area contributed by atoms with Gasteiger partial charge < -0.3 is 10.6 Å². The molecule has 122 valence electrons. The van der Waals surface area contributed by atoms with Gasteiger partial charge in [-0.25, -0.2) is 0 Å². The minimum Gasteiger partial charge on any atom is -0.329 e. The molecule has 1 atom stereocenters. The number of aromatic nitrogens is 2. The molecule has 21 heavy (non-hydrogen) atoms. The summed E-state index contributed by atoms with van der Waals surface area (Å²) in [7, 11) is 1.97. The number of likely N-dealkylation sites (N-methyl/N-ethyl adjacent to an activating group) is 1. The van der Waals surface area contributed by atoms with E-state index >= 15 is 0 Å². The largest absolute Gasteiger partial charge is 0.329 e. The molecule has 0 aromatic carbocycles. The third kappa shape index (κ3) is 5.09. The summed E-state index contributed by atoms with van der Waals surface area (Å²) in [6.45, 7) is 14.9. The molecule has 0 spiro atoms. The number of rotatable bonds is 10.